The van der Waals surface area contributed by atoms with Gasteiger partial charge in [-0.2, -0.15) is 15.5 Å². The molecule has 0 amide bonds. The van der Waals surface area contributed by atoms with E-state index in [1.807, 2.05) is 0 Å². The normalized spacial score (nSPS) is 9.12. The minimum atomic E-state index is 0.315. The molecule has 0 fully saturated rings. The second kappa shape index (κ2) is 3.63. The van der Waals surface area contributed by atoms with Gasteiger partial charge in [-0.25, -0.2) is 0 Å². The second-order valence-electron chi connectivity index (χ2n) is 1.03. The van der Waals surface area contributed by atoms with Crippen LogP contribution in [0.3, 0.4) is 0 Å². The number of aliphatic imine (C=N–C) groups is 1. The lowest BCUT2D eigenvalue weighted by atomic mass is 10.7. The first kappa shape index (κ1) is 6.45. The van der Waals surface area contributed by atoms with Crippen LogP contribution in [0.2, 0.25) is 0 Å². The van der Waals surface area contributed by atoms with Crippen molar-refractivity contribution in [2.24, 2.45) is 4.99 Å². The summed E-state index contributed by atoms with van der Waals surface area (Å²) in [5, 5.41) is 18.0. The Kier molecular flexibility index (Phi) is 2.93. The van der Waals surface area contributed by atoms with Gasteiger partial charge in [0.25, 0.3) is 0 Å². The van der Waals surface area contributed by atoms with Gasteiger partial charge in [0.15, 0.2) is 6.19 Å². The van der Waals surface area contributed by atoms with E-state index < -0.39 is 0 Å². The molecule has 8 heavy (non-hydrogen) atoms. The van der Waals surface area contributed by atoms with Crippen LogP contribution in [0.25, 0.3) is 0 Å². The van der Waals surface area contributed by atoms with Gasteiger partial charge in [-0.05, 0) is 6.92 Å². The summed E-state index contributed by atoms with van der Waals surface area (Å²) in [6.07, 6.45) is 3.15. The maximum Gasteiger partial charge on any atom is 0.207 e. The van der Waals surface area contributed by atoms with Crippen molar-refractivity contribution in [3.63, 3.8) is 0 Å². The first-order valence-corrected chi connectivity index (χ1v) is 1.89. The summed E-state index contributed by atoms with van der Waals surface area (Å²) < 4.78 is 0. The van der Waals surface area contributed by atoms with E-state index >= 15 is 0 Å². The maximum atomic E-state index is 7.91. The molecule has 4 heteroatoms. The summed E-state index contributed by atoms with van der Waals surface area (Å²) in [5.74, 6) is 0.315. The molecule has 0 rings (SSSR count). The van der Waals surface area contributed by atoms with Crippen molar-refractivity contribution in [3.8, 4) is 12.4 Å². The van der Waals surface area contributed by atoms with Gasteiger partial charge in [0, 0.05) is 0 Å². The highest BCUT2D eigenvalue weighted by Gasteiger charge is 1.80. The third kappa shape index (κ3) is 2.67. The van der Waals surface area contributed by atoms with Crippen LogP contribution < -0.4 is 5.32 Å². The molecule has 0 saturated carbocycles. The molecule has 0 spiro atoms. The van der Waals surface area contributed by atoms with Crippen LogP contribution in [-0.4, -0.2) is 5.84 Å². The minimum absolute atomic E-state index is 0.315. The molecule has 0 unspecified atom stereocenters. The number of rotatable bonds is 0. The monoisotopic (exact) mass is 108 g/mol. The van der Waals surface area contributed by atoms with Crippen LogP contribution in [0, 0.1) is 22.9 Å². The highest BCUT2D eigenvalue weighted by molar-refractivity contribution is 5.81. The fraction of sp³-hybridized carbons (Fsp3) is 0.250. The van der Waals surface area contributed by atoms with Crippen molar-refractivity contribution >= 4 is 5.84 Å². The van der Waals surface area contributed by atoms with E-state index in [4.69, 9.17) is 10.5 Å². The number of hydrogen-bond acceptors (Lipinski definition) is 3. The summed E-state index contributed by atoms with van der Waals surface area (Å²) in [7, 11) is 0. The Hall–Kier alpha value is -1.55. The molecule has 0 aromatic heterocycles. The Bertz CT molecular complexity index is 167. The van der Waals surface area contributed by atoms with E-state index in [0.29, 0.717) is 5.84 Å². The molecular formula is C4H4N4. The van der Waals surface area contributed by atoms with E-state index in [2.05, 4.69) is 10.3 Å². The predicted octanol–water partition coefficient (Wildman–Crippen LogP) is -0.0434. The molecule has 0 saturated heterocycles. The first-order valence-electron chi connectivity index (χ1n) is 1.89. The minimum Gasteiger partial charge on any atom is -0.280 e. The highest BCUT2D eigenvalue weighted by atomic mass is 15.0. The van der Waals surface area contributed by atoms with Gasteiger partial charge >= 0.3 is 0 Å². The lowest BCUT2D eigenvalue weighted by Crippen LogP contribution is -2.11. The second-order valence-corrected chi connectivity index (χ2v) is 1.03. The average molecular weight is 108 g/mol. The fourth-order valence-electron chi connectivity index (χ4n) is 0.184. The van der Waals surface area contributed by atoms with E-state index in [-0.39, 0.29) is 0 Å². The Balaban J connectivity index is 3.71. The number of amidine groups is 1. The van der Waals surface area contributed by atoms with Crippen molar-refractivity contribution in [3.05, 3.63) is 0 Å². The smallest absolute Gasteiger partial charge is 0.207 e. The molecule has 0 radical (unpaired) electrons. The molecular weight excluding hydrogens is 104 g/mol. The lowest BCUT2D eigenvalue weighted by molar-refractivity contribution is 1.23. The van der Waals surface area contributed by atoms with Gasteiger partial charge in [0.05, 0.1) is 0 Å². The van der Waals surface area contributed by atoms with Crippen LogP contribution in [0.5, 0.6) is 0 Å². The van der Waals surface area contributed by atoms with Gasteiger partial charge < -0.3 is 0 Å². The van der Waals surface area contributed by atoms with Crippen molar-refractivity contribution in [2.45, 2.75) is 6.92 Å². The summed E-state index contributed by atoms with van der Waals surface area (Å²) in [6.45, 7) is 1.53. The van der Waals surface area contributed by atoms with Gasteiger partial charge in [-0.3, -0.25) is 5.32 Å². The Labute approximate surface area is 47.1 Å². The molecule has 1 N–H and O–H groups in total. The average Bonchev–Trinajstić information content (AvgIpc) is 1.68. The molecule has 0 aromatic carbocycles. The Morgan fingerprint density at radius 3 is 2.62 bits per heavy atom. The van der Waals surface area contributed by atoms with Gasteiger partial charge in [0.1, 0.15) is 5.84 Å². The Morgan fingerprint density at radius 1 is 1.62 bits per heavy atom. The molecule has 0 aromatic rings. The zero-order valence-corrected chi connectivity index (χ0v) is 4.34. The molecule has 0 atom stereocenters. The first-order chi connectivity index (χ1) is 3.81. The quantitative estimate of drug-likeness (QED) is 0.205. The van der Waals surface area contributed by atoms with E-state index in [1.165, 1.54) is 13.1 Å². The molecule has 40 valence electrons. The molecule has 4 nitrogen and oxygen atoms in total. The summed E-state index contributed by atoms with van der Waals surface area (Å²) >= 11 is 0. The zero-order valence-electron chi connectivity index (χ0n) is 4.34. The van der Waals surface area contributed by atoms with Crippen LogP contribution in [0.4, 0.5) is 0 Å². The SMILES string of the molecule is CC(=NC#N)NC#N. The van der Waals surface area contributed by atoms with Gasteiger partial charge in [0.2, 0.25) is 6.19 Å². The van der Waals surface area contributed by atoms with Gasteiger partial charge in [-0.1, -0.05) is 0 Å². The largest absolute Gasteiger partial charge is 0.280 e. The van der Waals surface area contributed by atoms with Crippen molar-refractivity contribution in [1.82, 2.24) is 5.32 Å². The van der Waals surface area contributed by atoms with E-state index in [1.54, 1.807) is 6.19 Å². The zero-order chi connectivity index (χ0) is 6.41. The maximum absolute atomic E-state index is 7.91. The predicted molar refractivity (Wildman–Crippen MR) is 27.5 cm³/mol. The number of hydrogen-bond donors (Lipinski definition) is 1. The van der Waals surface area contributed by atoms with Crippen molar-refractivity contribution < 1.29 is 0 Å². The molecule has 0 aliphatic carbocycles. The van der Waals surface area contributed by atoms with Crippen LogP contribution in [0.1, 0.15) is 6.92 Å². The van der Waals surface area contributed by atoms with Crippen molar-refractivity contribution in [2.75, 3.05) is 0 Å². The lowest BCUT2D eigenvalue weighted by Gasteiger charge is -1.84. The third-order valence-corrected chi connectivity index (χ3v) is 0.455. The molecule has 0 bridgehead atoms. The van der Waals surface area contributed by atoms with E-state index in [9.17, 15) is 0 Å². The van der Waals surface area contributed by atoms with Gasteiger partial charge in [-0.15, -0.1) is 0 Å². The third-order valence-electron chi connectivity index (χ3n) is 0.455. The molecule has 0 aliphatic rings. The number of nitriles is 2. The summed E-state index contributed by atoms with van der Waals surface area (Å²) in [6, 6.07) is 0. The summed E-state index contributed by atoms with van der Waals surface area (Å²) in [5.41, 5.74) is 0. The van der Waals surface area contributed by atoms with Crippen LogP contribution >= 0.6 is 0 Å². The standard InChI is InChI=1S/C4H4N4/c1-4(7-2-5)8-3-6/h1H3,(H,7,8). The number of nitrogens with zero attached hydrogens (tertiary/aromatic N) is 3. The molecule has 0 aliphatic heterocycles. The topological polar surface area (TPSA) is 72.0 Å². The Morgan fingerprint density at radius 2 is 2.25 bits per heavy atom. The van der Waals surface area contributed by atoms with Crippen molar-refractivity contribution in [1.29, 1.82) is 10.5 Å². The number of nitrogens with one attached hydrogen (secondary N) is 1. The van der Waals surface area contributed by atoms with Crippen LogP contribution in [-0.2, 0) is 0 Å². The van der Waals surface area contributed by atoms with Crippen LogP contribution in [0.15, 0.2) is 4.99 Å². The molecule has 0 heterocycles. The fourth-order valence-corrected chi connectivity index (χ4v) is 0.184. The summed E-state index contributed by atoms with van der Waals surface area (Å²) in [4.78, 5) is 3.20. The highest BCUT2D eigenvalue weighted by Crippen LogP contribution is 1.65. The van der Waals surface area contributed by atoms with E-state index in [0.717, 1.165) is 0 Å².